The van der Waals surface area contributed by atoms with Crippen LogP contribution in [0.2, 0.25) is 10.0 Å². The van der Waals surface area contributed by atoms with Gasteiger partial charge in [-0.2, -0.15) is 0 Å². The van der Waals surface area contributed by atoms with Gasteiger partial charge >= 0.3 is 6.03 Å². The lowest BCUT2D eigenvalue weighted by Crippen LogP contribution is -2.36. The van der Waals surface area contributed by atoms with E-state index in [1.54, 1.807) is 18.2 Å². The predicted octanol–water partition coefficient (Wildman–Crippen LogP) is 4.60. The molecule has 1 aromatic carbocycles. The van der Waals surface area contributed by atoms with Crippen LogP contribution in [0.5, 0.6) is 0 Å². The Kier molecular flexibility index (Phi) is 12.0. The quantitative estimate of drug-likeness (QED) is 0.367. The van der Waals surface area contributed by atoms with Crippen molar-refractivity contribution in [1.29, 1.82) is 0 Å². The highest BCUT2D eigenvalue weighted by molar-refractivity contribution is 6.36. The number of anilines is 1. The van der Waals surface area contributed by atoms with Gasteiger partial charge in [0.25, 0.3) is 5.91 Å². The number of amides is 3. The largest absolute Gasteiger partial charge is 0.446 e. The van der Waals surface area contributed by atoms with E-state index in [2.05, 4.69) is 15.6 Å². The summed E-state index contributed by atoms with van der Waals surface area (Å²) in [5.41, 5.74) is 0.581. The van der Waals surface area contributed by atoms with Crippen molar-refractivity contribution in [3.8, 4) is 0 Å². The van der Waals surface area contributed by atoms with E-state index >= 15 is 0 Å². The Morgan fingerprint density at radius 2 is 1.85 bits per heavy atom. The van der Waals surface area contributed by atoms with Crippen LogP contribution in [0.1, 0.15) is 43.1 Å². The summed E-state index contributed by atoms with van der Waals surface area (Å²) in [6, 6.07) is 4.41. The Balaban J connectivity index is 1.99. The SMILES string of the molecule is CCOCCCNC(=O)c1coc(CN(CCCOCC)C(=O)Nc2ccc(Cl)cc2Cl)n1. The Hall–Kier alpha value is -2.33. The molecule has 0 aliphatic heterocycles. The van der Waals surface area contributed by atoms with Crippen molar-refractivity contribution in [2.45, 2.75) is 33.2 Å². The third-order valence-electron chi connectivity index (χ3n) is 4.45. The zero-order valence-electron chi connectivity index (χ0n) is 18.9. The third kappa shape index (κ3) is 9.59. The number of halogens is 2. The predicted molar refractivity (Wildman–Crippen MR) is 127 cm³/mol. The van der Waals surface area contributed by atoms with Gasteiger partial charge in [-0.3, -0.25) is 4.79 Å². The summed E-state index contributed by atoms with van der Waals surface area (Å²) >= 11 is 12.1. The Bertz CT molecular complexity index is 893. The molecule has 11 heteroatoms. The van der Waals surface area contributed by atoms with E-state index < -0.39 is 6.03 Å². The highest BCUT2D eigenvalue weighted by Crippen LogP contribution is 2.25. The number of ether oxygens (including phenoxy) is 2. The summed E-state index contributed by atoms with van der Waals surface area (Å²) in [4.78, 5) is 30.9. The third-order valence-corrected chi connectivity index (χ3v) is 4.99. The summed E-state index contributed by atoms with van der Waals surface area (Å²) in [7, 11) is 0. The summed E-state index contributed by atoms with van der Waals surface area (Å²) < 4.78 is 16.0. The molecule has 0 radical (unpaired) electrons. The number of hydrogen-bond acceptors (Lipinski definition) is 6. The zero-order valence-corrected chi connectivity index (χ0v) is 20.4. The Morgan fingerprint density at radius 1 is 1.12 bits per heavy atom. The molecule has 0 bridgehead atoms. The van der Waals surface area contributed by atoms with Crippen LogP contribution >= 0.6 is 23.2 Å². The van der Waals surface area contributed by atoms with E-state index in [0.29, 0.717) is 68.1 Å². The van der Waals surface area contributed by atoms with Crippen molar-refractivity contribution in [2.75, 3.05) is 44.8 Å². The molecule has 0 aliphatic carbocycles. The Morgan fingerprint density at radius 3 is 2.55 bits per heavy atom. The highest BCUT2D eigenvalue weighted by Gasteiger charge is 2.19. The summed E-state index contributed by atoms with van der Waals surface area (Å²) in [6.45, 7) is 7.05. The van der Waals surface area contributed by atoms with E-state index in [4.69, 9.17) is 37.1 Å². The molecule has 0 unspecified atom stereocenters. The molecule has 0 spiro atoms. The molecule has 3 amide bonds. The van der Waals surface area contributed by atoms with Gasteiger partial charge in [-0.1, -0.05) is 23.2 Å². The normalized spacial score (nSPS) is 10.8. The summed E-state index contributed by atoms with van der Waals surface area (Å²) in [6.07, 6.45) is 2.59. The summed E-state index contributed by atoms with van der Waals surface area (Å²) in [5.74, 6) is -0.106. The molecule has 0 aliphatic rings. The van der Waals surface area contributed by atoms with Gasteiger partial charge in [-0.25, -0.2) is 9.78 Å². The number of nitrogens with one attached hydrogen (secondary N) is 2. The standard InChI is InChI=1S/C22H30Cl2N4O5/c1-3-31-11-5-9-25-21(29)19-15-33-20(26-19)14-28(10-6-12-32-4-2)22(30)27-18-8-7-16(23)13-17(18)24/h7-8,13,15H,3-6,9-12,14H2,1-2H3,(H,25,29)(H,27,30). The first-order valence-electron chi connectivity index (χ1n) is 10.8. The Labute approximate surface area is 203 Å². The maximum atomic E-state index is 12.9. The van der Waals surface area contributed by atoms with E-state index in [0.717, 1.165) is 0 Å². The topological polar surface area (TPSA) is 106 Å². The molecular formula is C22H30Cl2N4O5. The van der Waals surface area contributed by atoms with Crippen molar-refractivity contribution in [1.82, 2.24) is 15.2 Å². The summed E-state index contributed by atoms with van der Waals surface area (Å²) in [5, 5.41) is 6.32. The lowest BCUT2D eigenvalue weighted by Gasteiger charge is -2.22. The van der Waals surface area contributed by atoms with Gasteiger partial charge in [0.2, 0.25) is 5.89 Å². The minimum absolute atomic E-state index is 0.0702. The molecule has 182 valence electrons. The molecule has 2 rings (SSSR count). The fraction of sp³-hybridized carbons (Fsp3) is 0.500. The molecule has 1 aromatic heterocycles. The highest BCUT2D eigenvalue weighted by atomic mass is 35.5. The number of hydrogen-bond donors (Lipinski definition) is 2. The van der Waals surface area contributed by atoms with Crippen LogP contribution in [0.25, 0.3) is 0 Å². The van der Waals surface area contributed by atoms with Gasteiger partial charge in [-0.15, -0.1) is 0 Å². The molecule has 33 heavy (non-hydrogen) atoms. The van der Waals surface area contributed by atoms with Crippen molar-refractivity contribution in [3.05, 3.63) is 46.1 Å². The van der Waals surface area contributed by atoms with E-state index in [1.165, 1.54) is 11.2 Å². The van der Waals surface area contributed by atoms with E-state index in [9.17, 15) is 9.59 Å². The maximum Gasteiger partial charge on any atom is 0.322 e. The molecule has 0 fully saturated rings. The van der Waals surface area contributed by atoms with E-state index in [-0.39, 0.29) is 24.0 Å². The number of rotatable bonds is 14. The molecule has 2 N–H and O–H groups in total. The van der Waals surface area contributed by atoms with Gasteiger partial charge in [0, 0.05) is 44.5 Å². The van der Waals surface area contributed by atoms with Crippen LogP contribution in [0.15, 0.2) is 28.9 Å². The van der Waals surface area contributed by atoms with Gasteiger partial charge in [0.1, 0.15) is 6.26 Å². The van der Waals surface area contributed by atoms with Crippen LogP contribution in [-0.2, 0) is 16.0 Å². The van der Waals surface area contributed by atoms with Crippen LogP contribution < -0.4 is 10.6 Å². The average molecular weight is 501 g/mol. The average Bonchev–Trinajstić information content (AvgIpc) is 3.26. The lowest BCUT2D eigenvalue weighted by atomic mass is 10.3. The van der Waals surface area contributed by atoms with Crippen molar-refractivity contribution in [2.24, 2.45) is 0 Å². The molecule has 0 saturated carbocycles. The smallest absolute Gasteiger partial charge is 0.322 e. The number of carbonyl (C=O) groups is 2. The van der Waals surface area contributed by atoms with Crippen LogP contribution in [0.3, 0.4) is 0 Å². The second-order valence-corrected chi connectivity index (χ2v) is 7.80. The number of urea groups is 1. The number of aromatic nitrogens is 1. The maximum absolute atomic E-state index is 12.9. The van der Waals surface area contributed by atoms with Gasteiger partial charge in [-0.05, 0) is 44.9 Å². The van der Waals surface area contributed by atoms with Crippen LogP contribution in [0, 0.1) is 0 Å². The zero-order chi connectivity index (χ0) is 24.1. The van der Waals surface area contributed by atoms with Crippen LogP contribution in [0.4, 0.5) is 10.5 Å². The van der Waals surface area contributed by atoms with Crippen molar-refractivity contribution in [3.63, 3.8) is 0 Å². The van der Waals surface area contributed by atoms with Gasteiger partial charge in [0.05, 0.1) is 17.3 Å². The fourth-order valence-electron chi connectivity index (χ4n) is 2.80. The van der Waals surface area contributed by atoms with Gasteiger partial charge < -0.3 is 29.4 Å². The first kappa shape index (κ1) is 26.9. The molecule has 0 atom stereocenters. The first-order chi connectivity index (χ1) is 15.9. The van der Waals surface area contributed by atoms with E-state index in [1.807, 2.05) is 13.8 Å². The van der Waals surface area contributed by atoms with Crippen molar-refractivity contribution < 1.29 is 23.5 Å². The number of carbonyl (C=O) groups excluding carboxylic acids is 2. The minimum atomic E-state index is -0.393. The van der Waals surface area contributed by atoms with Crippen LogP contribution in [-0.4, -0.2) is 61.3 Å². The molecule has 1 heterocycles. The molecule has 9 nitrogen and oxygen atoms in total. The first-order valence-corrected chi connectivity index (χ1v) is 11.6. The monoisotopic (exact) mass is 500 g/mol. The lowest BCUT2D eigenvalue weighted by molar-refractivity contribution is 0.0939. The molecular weight excluding hydrogens is 471 g/mol. The number of oxazole rings is 1. The number of benzene rings is 1. The number of nitrogens with zero attached hydrogens (tertiary/aromatic N) is 2. The van der Waals surface area contributed by atoms with Crippen molar-refractivity contribution >= 4 is 40.8 Å². The molecule has 0 saturated heterocycles. The van der Waals surface area contributed by atoms with Gasteiger partial charge in [0.15, 0.2) is 5.69 Å². The second-order valence-electron chi connectivity index (χ2n) is 6.96. The second kappa shape index (κ2) is 14.7. The minimum Gasteiger partial charge on any atom is -0.446 e. The molecule has 2 aromatic rings. The fourth-order valence-corrected chi connectivity index (χ4v) is 3.26.